The molecule has 0 saturated carbocycles. The number of hydrogen-bond acceptors (Lipinski definition) is 11. The minimum Gasteiger partial charge on any atom is -0.424 e. The summed E-state index contributed by atoms with van der Waals surface area (Å²) in [6.07, 6.45) is 0.337. The van der Waals surface area contributed by atoms with Crippen LogP contribution < -0.4 is 16.2 Å². The fourth-order valence-corrected chi connectivity index (χ4v) is 7.31. The van der Waals surface area contributed by atoms with Gasteiger partial charge in [0.25, 0.3) is 6.01 Å². The molecule has 33 heavy (non-hydrogen) atoms. The van der Waals surface area contributed by atoms with E-state index in [4.69, 9.17) is 15.3 Å². The lowest BCUT2D eigenvalue weighted by Gasteiger charge is -2.18. The van der Waals surface area contributed by atoms with Gasteiger partial charge in [0.15, 0.2) is 15.4 Å². The lowest BCUT2D eigenvalue weighted by molar-refractivity contribution is 0.574. The number of oxazole rings is 1. The standard InChI is InChI=1S/C18H18N8O5S2/c19-18-22-15-11(2-1-3-12(15)31-18)10-4-5-13(32(27,28)9-6-7-21-8-9)16(33(20,29)30)14(10)17-23-25-26-24-17/h1-5,9,21H,6-8H2,(H2,19,22)(H2,20,29,30)(H,23,24,25,26). The van der Waals surface area contributed by atoms with E-state index < -0.39 is 34.9 Å². The van der Waals surface area contributed by atoms with Gasteiger partial charge in [-0.25, -0.2) is 22.0 Å². The van der Waals surface area contributed by atoms with Crippen LogP contribution in [0.5, 0.6) is 0 Å². The molecule has 1 unspecified atom stereocenters. The van der Waals surface area contributed by atoms with Gasteiger partial charge < -0.3 is 15.5 Å². The first kappa shape index (κ1) is 21.4. The lowest BCUT2D eigenvalue weighted by atomic mass is 9.98. The molecular weight excluding hydrogens is 472 g/mol. The summed E-state index contributed by atoms with van der Waals surface area (Å²) < 4.78 is 57.9. The minimum absolute atomic E-state index is 0.0850. The van der Waals surface area contributed by atoms with Crippen LogP contribution in [0.25, 0.3) is 33.6 Å². The summed E-state index contributed by atoms with van der Waals surface area (Å²) in [5.41, 5.74) is 6.97. The number of anilines is 1. The Morgan fingerprint density at radius 2 is 1.91 bits per heavy atom. The third-order valence-electron chi connectivity index (χ3n) is 5.46. The molecule has 0 bridgehead atoms. The number of nitrogens with zero attached hydrogens (tertiary/aromatic N) is 4. The van der Waals surface area contributed by atoms with E-state index in [9.17, 15) is 16.8 Å². The number of primary sulfonamides is 1. The van der Waals surface area contributed by atoms with E-state index in [0.29, 0.717) is 29.6 Å². The van der Waals surface area contributed by atoms with Crippen molar-refractivity contribution < 1.29 is 21.3 Å². The molecule has 0 radical (unpaired) electrons. The highest BCUT2D eigenvalue weighted by Crippen LogP contribution is 2.42. The molecular formula is C18H18N8O5S2. The number of aromatic amines is 1. The van der Waals surface area contributed by atoms with Gasteiger partial charge >= 0.3 is 0 Å². The number of sulfonamides is 1. The van der Waals surface area contributed by atoms with Crippen LogP contribution in [0.1, 0.15) is 6.42 Å². The van der Waals surface area contributed by atoms with Gasteiger partial charge in [-0.05, 0) is 35.9 Å². The Morgan fingerprint density at radius 3 is 2.58 bits per heavy atom. The molecule has 0 spiro atoms. The second-order valence-corrected chi connectivity index (χ2v) is 11.2. The van der Waals surface area contributed by atoms with Gasteiger partial charge in [-0.3, -0.25) is 0 Å². The molecule has 6 N–H and O–H groups in total. The number of benzene rings is 2. The fraction of sp³-hybridized carbons (Fsp3) is 0.222. The van der Waals surface area contributed by atoms with Crippen molar-refractivity contribution in [2.45, 2.75) is 21.5 Å². The molecule has 0 aliphatic carbocycles. The van der Waals surface area contributed by atoms with E-state index in [1.165, 1.54) is 12.1 Å². The van der Waals surface area contributed by atoms with Gasteiger partial charge in [0, 0.05) is 12.1 Å². The number of H-pyrrole nitrogens is 1. The average molecular weight is 491 g/mol. The van der Waals surface area contributed by atoms with Crippen LogP contribution in [-0.2, 0) is 19.9 Å². The van der Waals surface area contributed by atoms with Crippen LogP contribution in [0.15, 0.2) is 44.5 Å². The smallest absolute Gasteiger partial charge is 0.293 e. The van der Waals surface area contributed by atoms with E-state index in [2.05, 4.69) is 30.9 Å². The second-order valence-electron chi connectivity index (χ2n) is 7.46. The molecule has 172 valence electrons. The van der Waals surface area contributed by atoms with Gasteiger partial charge in [-0.1, -0.05) is 18.2 Å². The number of nitrogens with two attached hydrogens (primary N) is 2. The molecule has 3 heterocycles. The van der Waals surface area contributed by atoms with Crippen molar-refractivity contribution in [3.63, 3.8) is 0 Å². The number of nitrogen functional groups attached to an aromatic ring is 1. The van der Waals surface area contributed by atoms with E-state index in [1.54, 1.807) is 18.2 Å². The molecule has 4 aromatic rings. The van der Waals surface area contributed by atoms with E-state index >= 15 is 0 Å². The number of sulfone groups is 1. The van der Waals surface area contributed by atoms with Crippen molar-refractivity contribution in [3.8, 4) is 22.5 Å². The first-order valence-corrected chi connectivity index (χ1v) is 12.8. The number of fused-ring (bicyclic) bond motifs is 1. The van der Waals surface area contributed by atoms with E-state index in [1.807, 2.05) is 0 Å². The van der Waals surface area contributed by atoms with Gasteiger partial charge in [0.2, 0.25) is 15.8 Å². The first-order chi connectivity index (χ1) is 15.7. The Hall–Kier alpha value is -3.40. The predicted molar refractivity (Wildman–Crippen MR) is 117 cm³/mol. The first-order valence-electron chi connectivity index (χ1n) is 9.71. The molecule has 1 aliphatic heterocycles. The Bertz CT molecular complexity index is 1570. The van der Waals surface area contributed by atoms with Crippen molar-refractivity contribution in [2.24, 2.45) is 5.14 Å². The van der Waals surface area contributed by atoms with Crippen LogP contribution in [0.3, 0.4) is 0 Å². The van der Waals surface area contributed by atoms with Crippen LogP contribution in [0, 0.1) is 0 Å². The normalized spacial score (nSPS) is 17.1. The van der Waals surface area contributed by atoms with Crippen LogP contribution >= 0.6 is 0 Å². The van der Waals surface area contributed by atoms with Crippen molar-refractivity contribution in [2.75, 3.05) is 18.8 Å². The minimum atomic E-state index is -4.57. The van der Waals surface area contributed by atoms with Crippen molar-refractivity contribution in [3.05, 3.63) is 30.3 Å². The Balaban J connectivity index is 1.90. The van der Waals surface area contributed by atoms with E-state index in [-0.39, 0.29) is 29.5 Å². The van der Waals surface area contributed by atoms with Gasteiger partial charge in [-0.15, -0.1) is 10.2 Å². The van der Waals surface area contributed by atoms with Gasteiger partial charge in [0.05, 0.1) is 15.7 Å². The molecule has 1 fully saturated rings. The maximum absolute atomic E-state index is 13.4. The number of tetrazole rings is 1. The molecule has 1 aliphatic rings. The topological polar surface area (TPSA) is 213 Å². The molecule has 1 atom stereocenters. The third-order valence-corrected chi connectivity index (χ3v) is 8.82. The van der Waals surface area contributed by atoms with Crippen molar-refractivity contribution >= 4 is 37.0 Å². The summed E-state index contributed by atoms with van der Waals surface area (Å²) in [4.78, 5) is 3.15. The number of para-hydroxylation sites is 1. The zero-order chi connectivity index (χ0) is 23.4. The molecule has 1 saturated heterocycles. The largest absolute Gasteiger partial charge is 0.424 e. The maximum Gasteiger partial charge on any atom is 0.293 e. The summed E-state index contributed by atoms with van der Waals surface area (Å²) in [6.45, 7) is 0.698. The molecule has 2 aromatic carbocycles. The molecule has 0 amide bonds. The summed E-state index contributed by atoms with van der Waals surface area (Å²) in [5.74, 6) is -0.149. The van der Waals surface area contributed by atoms with Crippen molar-refractivity contribution in [1.29, 1.82) is 0 Å². The summed E-state index contributed by atoms with van der Waals surface area (Å²) >= 11 is 0. The maximum atomic E-state index is 13.4. The highest BCUT2D eigenvalue weighted by Gasteiger charge is 2.37. The number of nitrogens with one attached hydrogen (secondary N) is 2. The summed E-state index contributed by atoms with van der Waals surface area (Å²) in [5, 5.41) is 21.3. The van der Waals surface area contributed by atoms with Crippen LogP contribution in [-0.4, -0.2) is 60.8 Å². The predicted octanol–water partition coefficient (Wildman–Crippen LogP) is 0.0401. The number of hydrogen-bond donors (Lipinski definition) is 4. The number of aromatic nitrogens is 5. The quantitative estimate of drug-likeness (QED) is 0.293. The summed E-state index contributed by atoms with van der Waals surface area (Å²) in [7, 11) is -8.64. The van der Waals surface area contributed by atoms with Gasteiger partial charge in [-0.2, -0.15) is 10.2 Å². The van der Waals surface area contributed by atoms with E-state index in [0.717, 1.165) is 0 Å². The average Bonchev–Trinajstić information content (AvgIpc) is 3.52. The number of rotatable bonds is 5. The zero-order valence-electron chi connectivity index (χ0n) is 16.9. The monoisotopic (exact) mass is 490 g/mol. The van der Waals surface area contributed by atoms with Crippen LogP contribution in [0.2, 0.25) is 0 Å². The molecule has 13 nitrogen and oxygen atoms in total. The fourth-order valence-electron chi connectivity index (χ4n) is 4.04. The third kappa shape index (κ3) is 3.54. The molecule has 15 heteroatoms. The highest BCUT2D eigenvalue weighted by atomic mass is 32.2. The summed E-state index contributed by atoms with van der Waals surface area (Å²) in [6, 6.07) is 7.57. The van der Waals surface area contributed by atoms with Crippen molar-refractivity contribution in [1.82, 2.24) is 30.9 Å². The Labute approximate surface area is 187 Å². The Morgan fingerprint density at radius 1 is 1.09 bits per heavy atom. The highest BCUT2D eigenvalue weighted by molar-refractivity contribution is 7.94. The lowest BCUT2D eigenvalue weighted by Crippen LogP contribution is -2.27. The molecule has 2 aromatic heterocycles. The molecule has 5 rings (SSSR count). The van der Waals surface area contributed by atoms with Crippen LogP contribution in [0.4, 0.5) is 6.01 Å². The van der Waals surface area contributed by atoms with Gasteiger partial charge in [0.1, 0.15) is 10.4 Å². The second kappa shape index (κ2) is 7.58. The zero-order valence-corrected chi connectivity index (χ0v) is 18.5. The Kier molecular flexibility index (Phi) is 4.93. The SMILES string of the molecule is Nc1nc2c(-c3ccc(S(=O)(=O)C4CCNC4)c(S(N)(=O)=O)c3-c3nn[nH]n3)cccc2o1.